The minimum Gasteiger partial charge on any atom is -0.383 e. The van der Waals surface area contributed by atoms with Gasteiger partial charge in [-0.25, -0.2) is 15.0 Å². The monoisotopic (exact) mass is 298 g/mol. The van der Waals surface area contributed by atoms with E-state index in [1.165, 1.54) is 0 Å². The van der Waals surface area contributed by atoms with Gasteiger partial charge in [-0.3, -0.25) is 0 Å². The standard InChI is InChI=1S/C10H11BrN4S/c1-3-6-8(11)9(12)15-10(14-6)7-4-16-5(2)13-7/h4H,3H2,1-2H3,(H2,12,14,15). The highest BCUT2D eigenvalue weighted by molar-refractivity contribution is 9.10. The first-order chi connectivity index (χ1) is 7.61. The predicted molar refractivity (Wildman–Crippen MR) is 69.4 cm³/mol. The van der Waals surface area contributed by atoms with Gasteiger partial charge in [0.15, 0.2) is 5.82 Å². The van der Waals surface area contributed by atoms with E-state index in [4.69, 9.17) is 5.73 Å². The van der Waals surface area contributed by atoms with Gasteiger partial charge in [-0.1, -0.05) is 6.92 Å². The summed E-state index contributed by atoms with van der Waals surface area (Å²) in [6.07, 6.45) is 0.809. The summed E-state index contributed by atoms with van der Waals surface area (Å²) in [7, 11) is 0. The van der Waals surface area contributed by atoms with Crippen molar-refractivity contribution in [3.05, 3.63) is 20.6 Å². The van der Waals surface area contributed by atoms with Crippen LogP contribution in [0.3, 0.4) is 0 Å². The Morgan fingerprint density at radius 1 is 1.38 bits per heavy atom. The van der Waals surface area contributed by atoms with Gasteiger partial charge in [-0.05, 0) is 29.3 Å². The number of hydrogen-bond acceptors (Lipinski definition) is 5. The van der Waals surface area contributed by atoms with Gasteiger partial charge in [-0.15, -0.1) is 11.3 Å². The third-order valence-corrected chi connectivity index (χ3v) is 3.77. The lowest BCUT2D eigenvalue weighted by Crippen LogP contribution is -2.02. The smallest absolute Gasteiger partial charge is 0.181 e. The molecule has 0 spiro atoms. The molecule has 0 amide bonds. The van der Waals surface area contributed by atoms with Crippen LogP contribution in [0, 0.1) is 6.92 Å². The molecule has 0 saturated heterocycles. The predicted octanol–water partition coefficient (Wildman–Crippen LogP) is 2.82. The van der Waals surface area contributed by atoms with Crippen LogP contribution >= 0.6 is 27.3 Å². The Balaban J connectivity index is 2.54. The zero-order valence-corrected chi connectivity index (χ0v) is 11.4. The number of nitrogens with zero attached hydrogens (tertiary/aromatic N) is 3. The third-order valence-electron chi connectivity index (χ3n) is 2.13. The second-order valence-electron chi connectivity index (χ2n) is 3.30. The zero-order valence-electron chi connectivity index (χ0n) is 8.99. The maximum atomic E-state index is 5.82. The number of rotatable bonds is 2. The molecule has 0 atom stereocenters. The van der Waals surface area contributed by atoms with Gasteiger partial charge < -0.3 is 5.73 Å². The maximum Gasteiger partial charge on any atom is 0.181 e. The summed E-state index contributed by atoms with van der Waals surface area (Å²) in [4.78, 5) is 13.0. The Morgan fingerprint density at radius 2 is 2.12 bits per heavy atom. The fourth-order valence-corrected chi connectivity index (χ4v) is 2.38. The Bertz CT molecular complexity index is 524. The number of thiazole rings is 1. The summed E-state index contributed by atoms with van der Waals surface area (Å²) in [5, 5.41) is 2.94. The van der Waals surface area contributed by atoms with Gasteiger partial charge in [0, 0.05) is 5.38 Å². The van der Waals surface area contributed by atoms with Crippen LogP contribution in [0.5, 0.6) is 0 Å². The summed E-state index contributed by atoms with van der Waals surface area (Å²) < 4.78 is 0.783. The highest BCUT2D eigenvalue weighted by Crippen LogP contribution is 2.26. The average molecular weight is 299 g/mol. The van der Waals surface area contributed by atoms with E-state index in [0.717, 1.165) is 27.3 Å². The second-order valence-corrected chi connectivity index (χ2v) is 5.15. The topological polar surface area (TPSA) is 64.7 Å². The van der Waals surface area contributed by atoms with Crippen LogP contribution in [0.2, 0.25) is 0 Å². The van der Waals surface area contributed by atoms with Crippen LogP contribution in [-0.4, -0.2) is 15.0 Å². The van der Waals surface area contributed by atoms with Gasteiger partial charge in [-0.2, -0.15) is 0 Å². The number of halogens is 1. The Kier molecular flexibility index (Phi) is 3.20. The van der Waals surface area contributed by atoms with E-state index in [-0.39, 0.29) is 0 Å². The van der Waals surface area contributed by atoms with Crippen molar-refractivity contribution in [1.29, 1.82) is 0 Å². The zero-order chi connectivity index (χ0) is 11.7. The summed E-state index contributed by atoms with van der Waals surface area (Å²) >= 11 is 4.96. The number of aromatic nitrogens is 3. The fraction of sp³-hybridized carbons (Fsp3) is 0.300. The van der Waals surface area contributed by atoms with Crippen LogP contribution in [0.15, 0.2) is 9.85 Å². The van der Waals surface area contributed by atoms with Crippen molar-refractivity contribution in [2.45, 2.75) is 20.3 Å². The van der Waals surface area contributed by atoms with Gasteiger partial charge >= 0.3 is 0 Å². The largest absolute Gasteiger partial charge is 0.383 e. The van der Waals surface area contributed by atoms with E-state index in [0.29, 0.717) is 11.6 Å². The molecule has 2 rings (SSSR count). The second kappa shape index (κ2) is 4.47. The van der Waals surface area contributed by atoms with Crippen molar-refractivity contribution in [2.24, 2.45) is 0 Å². The molecule has 0 unspecified atom stereocenters. The van der Waals surface area contributed by atoms with Crippen molar-refractivity contribution in [3.63, 3.8) is 0 Å². The Hall–Kier alpha value is -1.01. The van der Waals surface area contributed by atoms with E-state index >= 15 is 0 Å². The first kappa shape index (κ1) is 11.5. The average Bonchev–Trinajstić information content (AvgIpc) is 2.69. The molecule has 84 valence electrons. The van der Waals surface area contributed by atoms with Crippen LogP contribution < -0.4 is 5.73 Å². The first-order valence-corrected chi connectivity index (χ1v) is 6.53. The van der Waals surface area contributed by atoms with Crippen molar-refractivity contribution >= 4 is 33.1 Å². The number of nitrogen functional groups attached to an aromatic ring is 1. The number of aryl methyl sites for hydroxylation is 2. The summed E-state index contributed by atoms with van der Waals surface area (Å²) in [6, 6.07) is 0. The molecule has 2 N–H and O–H groups in total. The van der Waals surface area contributed by atoms with Crippen LogP contribution in [0.25, 0.3) is 11.5 Å². The molecule has 0 aromatic carbocycles. The molecule has 0 aliphatic carbocycles. The van der Waals surface area contributed by atoms with Crippen LogP contribution in [0.4, 0.5) is 5.82 Å². The molecule has 6 heteroatoms. The Labute approximate surface area is 106 Å². The summed E-state index contributed by atoms with van der Waals surface area (Å²) in [5.74, 6) is 1.06. The third kappa shape index (κ3) is 2.08. The normalized spacial score (nSPS) is 10.7. The van der Waals surface area contributed by atoms with Gasteiger partial charge in [0.1, 0.15) is 11.5 Å². The molecule has 0 fully saturated rings. The van der Waals surface area contributed by atoms with Crippen LogP contribution in [-0.2, 0) is 6.42 Å². The molecular weight excluding hydrogens is 288 g/mol. The van der Waals surface area contributed by atoms with E-state index in [1.54, 1.807) is 11.3 Å². The molecule has 16 heavy (non-hydrogen) atoms. The molecular formula is C10H11BrN4S. The van der Waals surface area contributed by atoms with Gasteiger partial charge in [0.25, 0.3) is 0 Å². The van der Waals surface area contributed by atoms with E-state index < -0.39 is 0 Å². The molecule has 4 nitrogen and oxygen atoms in total. The highest BCUT2D eigenvalue weighted by atomic mass is 79.9. The number of hydrogen-bond donors (Lipinski definition) is 1. The van der Waals surface area contributed by atoms with Crippen molar-refractivity contribution in [1.82, 2.24) is 15.0 Å². The molecule has 2 aromatic heterocycles. The van der Waals surface area contributed by atoms with E-state index in [1.807, 2.05) is 19.2 Å². The lowest BCUT2D eigenvalue weighted by Gasteiger charge is -2.05. The SMILES string of the molecule is CCc1nc(-c2csc(C)n2)nc(N)c1Br. The van der Waals surface area contributed by atoms with Gasteiger partial charge in [0.2, 0.25) is 0 Å². The minimum absolute atomic E-state index is 0.465. The maximum absolute atomic E-state index is 5.82. The number of nitrogens with two attached hydrogens (primary N) is 1. The fourth-order valence-electron chi connectivity index (χ4n) is 1.33. The lowest BCUT2D eigenvalue weighted by molar-refractivity contribution is 0.990. The molecule has 0 aliphatic rings. The quantitative estimate of drug-likeness (QED) is 0.926. The Morgan fingerprint density at radius 3 is 2.69 bits per heavy atom. The molecule has 0 saturated carbocycles. The lowest BCUT2D eigenvalue weighted by atomic mass is 10.3. The van der Waals surface area contributed by atoms with Crippen LogP contribution in [0.1, 0.15) is 17.6 Å². The van der Waals surface area contributed by atoms with Crippen molar-refractivity contribution < 1.29 is 0 Å². The van der Waals surface area contributed by atoms with Crippen molar-refractivity contribution in [3.8, 4) is 11.5 Å². The minimum atomic E-state index is 0.465. The summed E-state index contributed by atoms with van der Waals surface area (Å²) in [6.45, 7) is 3.99. The van der Waals surface area contributed by atoms with Crippen molar-refractivity contribution in [2.75, 3.05) is 5.73 Å². The molecule has 0 aliphatic heterocycles. The molecule has 2 aromatic rings. The van der Waals surface area contributed by atoms with E-state index in [9.17, 15) is 0 Å². The highest BCUT2D eigenvalue weighted by Gasteiger charge is 2.11. The molecule has 2 heterocycles. The summed E-state index contributed by atoms with van der Waals surface area (Å²) in [5.41, 5.74) is 7.52. The first-order valence-electron chi connectivity index (χ1n) is 4.86. The molecule has 0 radical (unpaired) electrons. The molecule has 0 bridgehead atoms. The van der Waals surface area contributed by atoms with Gasteiger partial charge in [0.05, 0.1) is 15.2 Å². The number of anilines is 1. The van der Waals surface area contributed by atoms with E-state index in [2.05, 4.69) is 30.9 Å².